The number of nitrogens with one attached hydrogen (secondary N) is 1. The van der Waals surface area contributed by atoms with Gasteiger partial charge in [-0.3, -0.25) is 9.78 Å². The van der Waals surface area contributed by atoms with Crippen molar-refractivity contribution >= 4 is 17.5 Å². The van der Waals surface area contributed by atoms with E-state index in [0.717, 1.165) is 6.54 Å². The van der Waals surface area contributed by atoms with Crippen LogP contribution in [0.2, 0.25) is 5.02 Å². The van der Waals surface area contributed by atoms with Gasteiger partial charge in [-0.1, -0.05) is 18.0 Å². The number of carbonyl (C=O) groups excluding carboxylic acids is 1. The average Bonchev–Trinajstić information content (AvgIpc) is 2.16. The Morgan fingerprint density at radius 3 is 3.00 bits per heavy atom. The molecule has 0 aliphatic heterocycles. The molecule has 0 unspecified atom stereocenters. The second-order valence-corrected chi connectivity index (χ2v) is 4.27. The monoisotopic (exact) mass is 224 g/mol. The van der Waals surface area contributed by atoms with Crippen molar-refractivity contribution in [2.45, 2.75) is 19.3 Å². The Kier molecular flexibility index (Phi) is 3.21. The molecular weight excluding hydrogens is 212 g/mol. The van der Waals surface area contributed by atoms with Crippen LogP contribution in [0.25, 0.3) is 0 Å². The maximum atomic E-state index is 11.7. The molecule has 1 saturated carbocycles. The Morgan fingerprint density at radius 1 is 1.60 bits per heavy atom. The van der Waals surface area contributed by atoms with Crippen LogP contribution in [0.1, 0.15) is 29.6 Å². The molecule has 4 heteroatoms. The molecule has 80 valence electrons. The van der Waals surface area contributed by atoms with Gasteiger partial charge in [-0.25, -0.2) is 0 Å². The number of hydrogen-bond donors (Lipinski definition) is 1. The molecule has 0 bridgehead atoms. The maximum absolute atomic E-state index is 11.7. The zero-order chi connectivity index (χ0) is 10.7. The first kappa shape index (κ1) is 10.4. The summed E-state index contributed by atoms with van der Waals surface area (Å²) in [5.74, 6) is 0.559. The van der Waals surface area contributed by atoms with Gasteiger partial charge in [-0.05, 0) is 24.8 Å². The lowest BCUT2D eigenvalue weighted by atomic mass is 9.85. The molecule has 1 amide bonds. The Labute approximate surface area is 93.8 Å². The van der Waals surface area contributed by atoms with Crippen LogP contribution in [0, 0.1) is 5.92 Å². The summed E-state index contributed by atoms with van der Waals surface area (Å²) >= 11 is 5.86. The summed E-state index contributed by atoms with van der Waals surface area (Å²) in [6.45, 7) is 0.761. The lowest BCUT2D eigenvalue weighted by molar-refractivity contribution is 0.0939. The van der Waals surface area contributed by atoms with Crippen molar-refractivity contribution in [1.82, 2.24) is 10.3 Å². The highest BCUT2D eigenvalue weighted by Crippen LogP contribution is 2.25. The normalized spacial score (nSPS) is 15.8. The van der Waals surface area contributed by atoms with Crippen LogP contribution in [-0.2, 0) is 0 Å². The highest BCUT2D eigenvalue weighted by atomic mass is 35.5. The van der Waals surface area contributed by atoms with Crippen LogP contribution in [-0.4, -0.2) is 17.4 Å². The minimum absolute atomic E-state index is 0.102. The van der Waals surface area contributed by atoms with E-state index >= 15 is 0 Å². The highest BCUT2D eigenvalue weighted by Gasteiger charge is 2.18. The summed E-state index contributed by atoms with van der Waals surface area (Å²) in [5, 5.41) is 3.30. The van der Waals surface area contributed by atoms with Crippen molar-refractivity contribution in [3.05, 3.63) is 29.0 Å². The van der Waals surface area contributed by atoms with Gasteiger partial charge in [0.15, 0.2) is 0 Å². The van der Waals surface area contributed by atoms with Crippen molar-refractivity contribution in [3.8, 4) is 0 Å². The van der Waals surface area contributed by atoms with Crippen LogP contribution in [0.5, 0.6) is 0 Å². The molecule has 1 fully saturated rings. The number of rotatable bonds is 3. The van der Waals surface area contributed by atoms with Crippen LogP contribution in [0.15, 0.2) is 18.5 Å². The zero-order valence-corrected chi connectivity index (χ0v) is 9.13. The molecule has 1 heterocycles. The van der Waals surface area contributed by atoms with Crippen LogP contribution in [0.3, 0.4) is 0 Å². The third kappa shape index (κ3) is 2.48. The molecule has 1 aliphatic carbocycles. The first-order valence-electron chi connectivity index (χ1n) is 5.15. The molecule has 2 rings (SSSR count). The van der Waals surface area contributed by atoms with E-state index in [4.69, 9.17) is 11.6 Å². The van der Waals surface area contributed by atoms with Crippen LogP contribution >= 0.6 is 11.6 Å². The number of amides is 1. The second kappa shape index (κ2) is 4.62. The van der Waals surface area contributed by atoms with Crippen molar-refractivity contribution in [2.24, 2.45) is 5.92 Å². The molecular formula is C11H13ClN2O. The molecule has 1 aliphatic rings. The Bertz CT molecular complexity index is 363. The number of pyridine rings is 1. The molecule has 0 radical (unpaired) electrons. The van der Waals surface area contributed by atoms with Crippen LogP contribution in [0.4, 0.5) is 0 Å². The largest absolute Gasteiger partial charge is 0.352 e. The summed E-state index contributed by atoms with van der Waals surface area (Å²) in [6.07, 6.45) is 6.80. The molecule has 1 aromatic heterocycles. The fourth-order valence-corrected chi connectivity index (χ4v) is 1.79. The smallest absolute Gasteiger partial charge is 0.252 e. The van der Waals surface area contributed by atoms with E-state index in [0.29, 0.717) is 16.5 Å². The van der Waals surface area contributed by atoms with E-state index in [-0.39, 0.29) is 5.91 Å². The van der Waals surface area contributed by atoms with Gasteiger partial charge in [0.25, 0.3) is 5.91 Å². The summed E-state index contributed by atoms with van der Waals surface area (Å²) in [5.41, 5.74) is 0.506. The number of nitrogens with zero attached hydrogens (tertiary/aromatic N) is 1. The summed E-state index contributed by atoms with van der Waals surface area (Å²) in [6, 6.07) is 1.64. The van der Waals surface area contributed by atoms with Gasteiger partial charge in [0.2, 0.25) is 0 Å². The zero-order valence-electron chi connectivity index (χ0n) is 8.37. The first-order valence-corrected chi connectivity index (χ1v) is 5.53. The third-order valence-corrected chi connectivity index (χ3v) is 3.09. The molecule has 1 aromatic rings. The van der Waals surface area contributed by atoms with E-state index in [2.05, 4.69) is 10.3 Å². The van der Waals surface area contributed by atoms with E-state index < -0.39 is 0 Å². The molecule has 0 spiro atoms. The van der Waals surface area contributed by atoms with Crippen molar-refractivity contribution < 1.29 is 4.79 Å². The molecule has 15 heavy (non-hydrogen) atoms. The van der Waals surface area contributed by atoms with E-state index in [1.807, 2.05) is 0 Å². The van der Waals surface area contributed by atoms with Gasteiger partial charge < -0.3 is 5.32 Å². The van der Waals surface area contributed by atoms with E-state index in [1.165, 1.54) is 25.5 Å². The van der Waals surface area contributed by atoms with Gasteiger partial charge in [-0.2, -0.15) is 0 Å². The third-order valence-electron chi connectivity index (χ3n) is 2.79. The minimum atomic E-state index is -0.102. The lowest BCUT2D eigenvalue weighted by Crippen LogP contribution is -2.32. The van der Waals surface area contributed by atoms with Crippen LogP contribution < -0.4 is 5.32 Å². The average molecular weight is 225 g/mol. The summed E-state index contributed by atoms with van der Waals surface area (Å²) in [4.78, 5) is 15.5. The van der Waals surface area contributed by atoms with E-state index in [9.17, 15) is 4.79 Å². The quantitative estimate of drug-likeness (QED) is 0.856. The predicted octanol–water partition coefficient (Wildman–Crippen LogP) is 2.26. The topological polar surface area (TPSA) is 42.0 Å². The van der Waals surface area contributed by atoms with Crippen molar-refractivity contribution in [1.29, 1.82) is 0 Å². The standard InChI is InChI=1S/C11H13ClN2O/c12-10-7-13-5-4-9(10)11(15)14-6-8-2-1-3-8/h4-5,7-8H,1-3,6H2,(H,14,15). The number of hydrogen-bond acceptors (Lipinski definition) is 2. The molecule has 0 saturated heterocycles. The van der Waals surface area contributed by atoms with Gasteiger partial charge >= 0.3 is 0 Å². The lowest BCUT2D eigenvalue weighted by Gasteiger charge is -2.25. The Hall–Kier alpha value is -1.09. The fourth-order valence-electron chi connectivity index (χ4n) is 1.59. The number of halogens is 1. The van der Waals surface area contributed by atoms with Crippen molar-refractivity contribution in [3.63, 3.8) is 0 Å². The molecule has 3 nitrogen and oxygen atoms in total. The Balaban J connectivity index is 1.92. The molecule has 1 N–H and O–H groups in total. The Morgan fingerprint density at radius 2 is 2.40 bits per heavy atom. The van der Waals surface area contributed by atoms with E-state index in [1.54, 1.807) is 12.3 Å². The minimum Gasteiger partial charge on any atom is -0.352 e. The van der Waals surface area contributed by atoms with Crippen molar-refractivity contribution in [2.75, 3.05) is 6.54 Å². The molecule has 0 atom stereocenters. The van der Waals surface area contributed by atoms with Gasteiger partial charge in [-0.15, -0.1) is 0 Å². The van der Waals surface area contributed by atoms with Gasteiger partial charge in [0, 0.05) is 18.9 Å². The predicted molar refractivity (Wildman–Crippen MR) is 58.9 cm³/mol. The molecule has 0 aromatic carbocycles. The first-order chi connectivity index (χ1) is 7.27. The summed E-state index contributed by atoms with van der Waals surface area (Å²) in [7, 11) is 0. The summed E-state index contributed by atoms with van der Waals surface area (Å²) < 4.78 is 0. The second-order valence-electron chi connectivity index (χ2n) is 3.86. The van der Waals surface area contributed by atoms with Gasteiger partial charge in [0.1, 0.15) is 0 Å². The maximum Gasteiger partial charge on any atom is 0.252 e. The van der Waals surface area contributed by atoms with Gasteiger partial charge in [0.05, 0.1) is 10.6 Å². The highest BCUT2D eigenvalue weighted by molar-refractivity contribution is 6.33. The SMILES string of the molecule is O=C(NCC1CCC1)c1ccncc1Cl. The number of aromatic nitrogens is 1. The fraction of sp³-hybridized carbons (Fsp3) is 0.455. The number of carbonyl (C=O) groups is 1.